The second-order valence-corrected chi connectivity index (χ2v) is 8.38. The molecular weight excluding hydrogens is 473 g/mol. The summed E-state index contributed by atoms with van der Waals surface area (Å²) in [5, 5.41) is 22.5. The number of halogens is 1. The maximum absolute atomic E-state index is 14.5. The first-order valence-corrected chi connectivity index (χ1v) is 11.4. The van der Waals surface area contributed by atoms with Crippen LogP contribution in [0.15, 0.2) is 71.9 Å². The fourth-order valence-corrected chi connectivity index (χ4v) is 4.07. The van der Waals surface area contributed by atoms with Gasteiger partial charge < -0.3 is 10.1 Å². The molecule has 3 aromatic carbocycles. The molecule has 0 aliphatic heterocycles. The van der Waals surface area contributed by atoms with Crippen LogP contribution in [-0.4, -0.2) is 38.5 Å². The second kappa shape index (κ2) is 10.3. The summed E-state index contributed by atoms with van der Waals surface area (Å²) < 4.78 is 21.4. The fraction of sp³-hybridized carbons (Fsp3) is 0.125. The van der Waals surface area contributed by atoms with Crippen LogP contribution < -0.4 is 10.1 Å². The van der Waals surface area contributed by atoms with Crippen molar-refractivity contribution >= 4 is 29.0 Å². The molecular formula is C24H20FN5O4S. The van der Waals surface area contributed by atoms with Crippen LogP contribution in [0.25, 0.3) is 17.1 Å². The number of methoxy groups -OCH3 is 1. The number of nitrogens with one attached hydrogen (secondary N) is 1. The van der Waals surface area contributed by atoms with E-state index in [1.807, 2.05) is 31.2 Å². The molecule has 178 valence electrons. The monoisotopic (exact) mass is 493 g/mol. The van der Waals surface area contributed by atoms with Gasteiger partial charge in [0.1, 0.15) is 11.6 Å². The molecule has 11 heteroatoms. The molecule has 0 bridgehead atoms. The van der Waals surface area contributed by atoms with Gasteiger partial charge in [0.15, 0.2) is 11.0 Å². The Hall–Kier alpha value is -4.25. The highest BCUT2D eigenvalue weighted by atomic mass is 32.2. The zero-order valence-corrected chi connectivity index (χ0v) is 19.6. The van der Waals surface area contributed by atoms with Crippen LogP contribution in [0, 0.1) is 22.9 Å². The number of carbonyl (C=O) groups is 1. The van der Waals surface area contributed by atoms with Gasteiger partial charge in [0, 0.05) is 11.8 Å². The average Bonchev–Trinajstić information content (AvgIpc) is 3.27. The predicted octanol–water partition coefficient (Wildman–Crippen LogP) is 5.03. The number of rotatable bonds is 8. The zero-order valence-electron chi connectivity index (χ0n) is 18.8. The molecule has 4 aromatic rings. The largest absolute Gasteiger partial charge is 0.494 e. The summed E-state index contributed by atoms with van der Waals surface area (Å²) in [6, 6.07) is 17.8. The maximum atomic E-state index is 14.5. The topological polar surface area (TPSA) is 112 Å². The van der Waals surface area contributed by atoms with Crippen molar-refractivity contribution in [2.75, 3.05) is 18.2 Å². The molecule has 0 aliphatic rings. The van der Waals surface area contributed by atoms with E-state index in [1.54, 1.807) is 22.8 Å². The number of hydrogen-bond donors (Lipinski definition) is 1. The first-order chi connectivity index (χ1) is 16.9. The number of nitro benzene ring substituents is 1. The molecule has 0 unspecified atom stereocenters. The Balaban J connectivity index is 1.59. The Kier molecular flexibility index (Phi) is 7.06. The van der Waals surface area contributed by atoms with E-state index in [9.17, 15) is 19.3 Å². The lowest BCUT2D eigenvalue weighted by Gasteiger charge is -2.12. The van der Waals surface area contributed by atoms with Gasteiger partial charge in [-0.15, -0.1) is 10.2 Å². The van der Waals surface area contributed by atoms with Crippen molar-refractivity contribution in [2.45, 2.75) is 12.1 Å². The van der Waals surface area contributed by atoms with Gasteiger partial charge in [-0.25, -0.2) is 4.39 Å². The normalized spacial score (nSPS) is 10.7. The molecule has 0 saturated heterocycles. The van der Waals surface area contributed by atoms with Crippen molar-refractivity contribution in [1.29, 1.82) is 0 Å². The molecule has 0 atom stereocenters. The van der Waals surface area contributed by atoms with Gasteiger partial charge in [-0.05, 0) is 37.3 Å². The summed E-state index contributed by atoms with van der Waals surface area (Å²) in [7, 11) is 1.36. The van der Waals surface area contributed by atoms with Crippen LogP contribution >= 0.6 is 11.8 Å². The highest BCUT2D eigenvalue weighted by Crippen LogP contribution is 2.31. The number of aromatic nitrogens is 3. The minimum absolute atomic E-state index is 0.0403. The minimum atomic E-state index is -0.547. The van der Waals surface area contributed by atoms with Crippen LogP contribution in [0.3, 0.4) is 0 Å². The molecule has 1 heterocycles. The van der Waals surface area contributed by atoms with E-state index in [4.69, 9.17) is 4.74 Å². The Morgan fingerprint density at radius 2 is 1.89 bits per heavy atom. The molecule has 0 radical (unpaired) electrons. The van der Waals surface area contributed by atoms with E-state index >= 15 is 0 Å². The smallest absolute Gasteiger partial charge is 0.273 e. The van der Waals surface area contributed by atoms with E-state index in [0.717, 1.165) is 23.0 Å². The highest BCUT2D eigenvalue weighted by Gasteiger charge is 2.20. The molecule has 0 aliphatic carbocycles. The highest BCUT2D eigenvalue weighted by molar-refractivity contribution is 7.99. The number of aryl methyl sites for hydroxylation is 1. The molecule has 4 rings (SSSR count). The van der Waals surface area contributed by atoms with Crippen molar-refractivity contribution in [3.05, 3.63) is 88.2 Å². The number of anilines is 1. The molecule has 0 spiro atoms. The SMILES string of the molecule is COc1cc([N+](=O)[O-])ccc1NC(=O)CSc1nnc(-c2ccccc2F)n1-c1ccc(C)cc1. The number of benzene rings is 3. The Labute approximate surface area is 204 Å². The van der Waals surface area contributed by atoms with Gasteiger partial charge >= 0.3 is 0 Å². The molecule has 1 amide bonds. The number of non-ortho nitro benzene ring substituents is 1. The average molecular weight is 494 g/mol. The van der Waals surface area contributed by atoms with Gasteiger partial charge in [-0.2, -0.15) is 0 Å². The lowest BCUT2D eigenvalue weighted by atomic mass is 10.2. The number of thioether (sulfide) groups is 1. The lowest BCUT2D eigenvalue weighted by Crippen LogP contribution is -2.15. The Morgan fingerprint density at radius 1 is 1.14 bits per heavy atom. The van der Waals surface area contributed by atoms with Gasteiger partial charge in [0.05, 0.1) is 35.1 Å². The number of carbonyl (C=O) groups excluding carboxylic acids is 1. The number of hydrogen-bond acceptors (Lipinski definition) is 7. The van der Waals surface area contributed by atoms with E-state index in [-0.39, 0.29) is 28.7 Å². The minimum Gasteiger partial charge on any atom is -0.494 e. The summed E-state index contributed by atoms with van der Waals surface area (Å²) in [6.45, 7) is 1.96. The number of nitro groups is 1. The summed E-state index contributed by atoms with van der Waals surface area (Å²) in [5.74, 6) is -0.378. The summed E-state index contributed by atoms with van der Waals surface area (Å²) >= 11 is 1.12. The van der Waals surface area contributed by atoms with Gasteiger partial charge in [0.25, 0.3) is 5.69 Å². The first-order valence-electron chi connectivity index (χ1n) is 10.4. The summed E-state index contributed by atoms with van der Waals surface area (Å²) in [5.41, 5.74) is 2.21. The van der Waals surface area contributed by atoms with Crippen molar-refractivity contribution in [1.82, 2.24) is 14.8 Å². The number of amides is 1. The third kappa shape index (κ3) is 5.30. The van der Waals surface area contributed by atoms with Crippen LogP contribution in [0.5, 0.6) is 5.75 Å². The summed E-state index contributed by atoms with van der Waals surface area (Å²) in [6.07, 6.45) is 0. The van der Waals surface area contributed by atoms with Gasteiger partial charge in [-0.1, -0.05) is 41.6 Å². The van der Waals surface area contributed by atoms with Crippen molar-refractivity contribution in [3.63, 3.8) is 0 Å². The third-order valence-electron chi connectivity index (χ3n) is 5.04. The molecule has 0 saturated carbocycles. The Bertz CT molecular complexity index is 1390. The zero-order chi connectivity index (χ0) is 24.9. The van der Waals surface area contributed by atoms with E-state index in [0.29, 0.717) is 16.7 Å². The second-order valence-electron chi connectivity index (χ2n) is 7.44. The third-order valence-corrected chi connectivity index (χ3v) is 5.97. The maximum Gasteiger partial charge on any atom is 0.273 e. The van der Waals surface area contributed by atoms with Crippen LogP contribution in [0.2, 0.25) is 0 Å². The van der Waals surface area contributed by atoms with Gasteiger partial charge in [0.2, 0.25) is 5.91 Å². The molecule has 1 aromatic heterocycles. The standard InChI is InChI=1S/C24H20FN5O4S/c1-15-7-9-16(10-8-15)29-23(18-5-3-4-6-19(18)25)27-28-24(29)35-14-22(31)26-20-12-11-17(30(32)33)13-21(20)34-2/h3-13H,14H2,1-2H3,(H,26,31). The molecule has 9 nitrogen and oxygen atoms in total. The van der Waals surface area contributed by atoms with E-state index in [1.165, 1.54) is 31.4 Å². The predicted molar refractivity (Wildman–Crippen MR) is 130 cm³/mol. The van der Waals surface area contributed by atoms with Crippen molar-refractivity contribution in [2.24, 2.45) is 0 Å². The van der Waals surface area contributed by atoms with Crippen LogP contribution in [0.4, 0.5) is 15.8 Å². The van der Waals surface area contributed by atoms with E-state index < -0.39 is 10.7 Å². The number of ether oxygens (including phenoxy) is 1. The van der Waals surface area contributed by atoms with Crippen molar-refractivity contribution in [3.8, 4) is 22.8 Å². The number of nitrogens with zero attached hydrogens (tertiary/aromatic N) is 4. The fourth-order valence-electron chi connectivity index (χ4n) is 3.32. The van der Waals surface area contributed by atoms with Crippen LogP contribution in [0.1, 0.15) is 5.56 Å². The quantitative estimate of drug-likeness (QED) is 0.208. The molecule has 1 N–H and O–H groups in total. The van der Waals surface area contributed by atoms with Crippen LogP contribution in [-0.2, 0) is 4.79 Å². The van der Waals surface area contributed by atoms with Gasteiger partial charge in [-0.3, -0.25) is 19.5 Å². The molecule has 35 heavy (non-hydrogen) atoms. The summed E-state index contributed by atoms with van der Waals surface area (Å²) in [4.78, 5) is 23.1. The van der Waals surface area contributed by atoms with Crippen molar-refractivity contribution < 1.29 is 18.8 Å². The van der Waals surface area contributed by atoms with E-state index in [2.05, 4.69) is 15.5 Å². The lowest BCUT2D eigenvalue weighted by molar-refractivity contribution is -0.384. The Morgan fingerprint density at radius 3 is 2.57 bits per heavy atom. The molecule has 0 fully saturated rings. The first kappa shape index (κ1) is 23.9.